The van der Waals surface area contributed by atoms with Gasteiger partial charge >= 0.3 is 6.18 Å². The quantitative estimate of drug-likeness (QED) is 0.555. The molecule has 2 nitrogen and oxygen atoms in total. The van der Waals surface area contributed by atoms with Gasteiger partial charge in [-0.25, -0.2) is 4.99 Å². The predicted octanol–water partition coefficient (Wildman–Crippen LogP) is 3.35. The van der Waals surface area contributed by atoms with Gasteiger partial charge in [-0.3, -0.25) is 0 Å². The summed E-state index contributed by atoms with van der Waals surface area (Å²) in [5.74, 6) is 0.666. The monoisotopic (exact) mass is 244 g/mol. The van der Waals surface area contributed by atoms with Crippen LogP contribution in [-0.4, -0.2) is 19.1 Å². The van der Waals surface area contributed by atoms with Crippen molar-refractivity contribution in [2.75, 3.05) is 7.05 Å². The first-order chi connectivity index (χ1) is 7.84. The van der Waals surface area contributed by atoms with Gasteiger partial charge in [-0.2, -0.15) is 13.2 Å². The summed E-state index contributed by atoms with van der Waals surface area (Å²) in [6, 6.07) is 0. The normalized spacial score (nSPS) is 18.0. The van der Waals surface area contributed by atoms with Crippen LogP contribution in [0, 0.1) is 0 Å². The third kappa shape index (κ3) is 3.76. The summed E-state index contributed by atoms with van der Waals surface area (Å²) in [6.45, 7) is 3.51. The second kappa shape index (κ2) is 5.21. The number of aliphatic imine (C=N–C) groups is 1. The van der Waals surface area contributed by atoms with E-state index in [1.54, 1.807) is 20.9 Å². The van der Waals surface area contributed by atoms with Crippen molar-refractivity contribution in [1.29, 1.82) is 0 Å². The van der Waals surface area contributed by atoms with E-state index in [4.69, 9.17) is 0 Å². The topological polar surface area (TPSA) is 24.4 Å². The van der Waals surface area contributed by atoms with Gasteiger partial charge in [-0.05, 0) is 25.8 Å². The molecule has 94 valence electrons. The highest BCUT2D eigenvalue weighted by atomic mass is 19.4. The Kier molecular flexibility index (Phi) is 4.15. The summed E-state index contributed by atoms with van der Waals surface area (Å²) in [5.41, 5.74) is 0.746. The van der Waals surface area contributed by atoms with Gasteiger partial charge in [0.15, 0.2) is 0 Å². The third-order valence-corrected chi connectivity index (χ3v) is 2.47. The van der Waals surface area contributed by atoms with Gasteiger partial charge in [0.25, 0.3) is 0 Å². The van der Waals surface area contributed by atoms with Crippen molar-refractivity contribution >= 4 is 5.84 Å². The molecular weight excluding hydrogens is 229 g/mol. The molecule has 5 heteroatoms. The van der Waals surface area contributed by atoms with Gasteiger partial charge < -0.3 is 5.32 Å². The zero-order valence-electron chi connectivity index (χ0n) is 10.0. The molecule has 0 bridgehead atoms. The molecule has 0 radical (unpaired) electrons. The van der Waals surface area contributed by atoms with E-state index in [0.717, 1.165) is 11.6 Å². The lowest BCUT2D eigenvalue weighted by Gasteiger charge is -2.07. The minimum Gasteiger partial charge on any atom is -0.377 e. The van der Waals surface area contributed by atoms with E-state index in [0.29, 0.717) is 11.5 Å². The van der Waals surface area contributed by atoms with Crippen LogP contribution in [0.3, 0.4) is 0 Å². The van der Waals surface area contributed by atoms with Gasteiger partial charge in [-0.1, -0.05) is 18.2 Å². The van der Waals surface area contributed by atoms with E-state index in [1.807, 2.05) is 0 Å². The fourth-order valence-electron chi connectivity index (χ4n) is 1.33. The summed E-state index contributed by atoms with van der Waals surface area (Å²) in [7, 11) is 1.72. The smallest absolute Gasteiger partial charge is 0.377 e. The number of nitrogens with zero attached hydrogens (tertiary/aromatic N) is 1. The van der Waals surface area contributed by atoms with Gasteiger partial charge in [0.2, 0.25) is 0 Å². The third-order valence-electron chi connectivity index (χ3n) is 2.47. The van der Waals surface area contributed by atoms with E-state index >= 15 is 0 Å². The fraction of sp³-hybridized carbons (Fsp3) is 0.417. The molecule has 1 aliphatic rings. The summed E-state index contributed by atoms with van der Waals surface area (Å²) in [6.07, 6.45) is -0.353. The minimum atomic E-state index is -4.27. The second-order valence-electron chi connectivity index (χ2n) is 3.78. The van der Waals surface area contributed by atoms with E-state index in [2.05, 4.69) is 10.3 Å². The Morgan fingerprint density at radius 3 is 2.53 bits per heavy atom. The number of amidine groups is 1. The maximum atomic E-state index is 12.5. The number of nitrogens with one attached hydrogen (secondary N) is 1. The van der Waals surface area contributed by atoms with Crippen LogP contribution in [0.4, 0.5) is 13.2 Å². The zero-order valence-corrected chi connectivity index (χ0v) is 10.0. The first kappa shape index (κ1) is 13.5. The maximum Gasteiger partial charge on any atom is 0.412 e. The van der Waals surface area contributed by atoms with Gasteiger partial charge in [-0.15, -0.1) is 0 Å². The molecule has 0 aliphatic heterocycles. The molecule has 0 unspecified atom stereocenters. The Hall–Kier alpha value is -1.52. The molecule has 1 rings (SSSR count). The molecule has 0 heterocycles. The van der Waals surface area contributed by atoms with Crippen molar-refractivity contribution in [3.05, 3.63) is 35.1 Å². The molecular formula is C12H15F3N2. The van der Waals surface area contributed by atoms with Crippen LogP contribution in [0.2, 0.25) is 0 Å². The average Bonchev–Trinajstić information content (AvgIpc) is 2.41. The molecule has 1 N–H and O–H groups in total. The fourth-order valence-corrected chi connectivity index (χ4v) is 1.33. The minimum absolute atomic E-state index is 0.146. The van der Waals surface area contributed by atoms with Crippen LogP contribution >= 0.6 is 0 Å². The molecule has 0 atom stereocenters. The zero-order chi connectivity index (χ0) is 13.1. The number of allylic oxidation sites excluding steroid dienone is 5. The molecule has 0 saturated carbocycles. The van der Waals surface area contributed by atoms with Crippen LogP contribution in [-0.2, 0) is 0 Å². The molecule has 0 saturated heterocycles. The summed E-state index contributed by atoms with van der Waals surface area (Å²) in [4.78, 5) is 4.21. The molecule has 0 amide bonds. The van der Waals surface area contributed by atoms with Gasteiger partial charge in [0.1, 0.15) is 0 Å². The Bertz CT molecular complexity index is 412. The predicted molar refractivity (Wildman–Crippen MR) is 62.8 cm³/mol. The summed E-state index contributed by atoms with van der Waals surface area (Å²) < 4.78 is 37.6. The SMILES string of the molecule is CN/C(C)=N\C1=CCC(C(F)(F)F)=CC=C1C. The lowest BCUT2D eigenvalue weighted by molar-refractivity contribution is -0.0928. The lowest BCUT2D eigenvalue weighted by Crippen LogP contribution is -2.14. The first-order valence-corrected chi connectivity index (χ1v) is 5.23. The van der Waals surface area contributed by atoms with Crippen LogP contribution in [0.15, 0.2) is 40.1 Å². The van der Waals surface area contributed by atoms with E-state index < -0.39 is 11.7 Å². The highest BCUT2D eigenvalue weighted by Gasteiger charge is 2.32. The van der Waals surface area contributed by atoms with Gasteiger partial charge in [0.05, 0.1) is 11.5 Å². The number of halogens is 3. The second-order valence-corrected chi connectivity index (χ2v) is 3.78. The molecule has 0 spiro atoms. The molecule has 0 aromatic carbocycles. The van der Waals surface area contributed by atoms with E-state index in [1.165, 1.54) is 12.2 Å². The Balaban J connectivity index is 3.00. The molecule has 0 aromatic heterocycles. The van der Waals surface area contributed by atoms with Crippen molar-refractivity contribution in [3.8, 4) is 0 Å². The van der Waals surface area contributed by atoms with Crippen LogP contribution in [0.25, 0.3) is 0 Å². The maximum absolute atomic E-state index is 12.5. The van der Waals surface area contributed by atoms with Crippen molar-refractivity contribution in [2.45, 2.75) is 26.4 Å². The summed E-state index contributed by atoms with van der Waals surface area (Å²) in [5, 5.41) is 2.84. The average molecular weight is 244 g/mol. The highest BCUT2D eigenvalue weighted by Crippen LogP contribution is 2.31. The molecule has 0 fully saturated rings. The van der Waals surface area contributed by atoms with Crippen molar-refractivity contribution < 1.29 is 13.2 Å². The lowest BCUT2D eigenvalue weighted by atomic mass is 10.1. The highest BCUT2D eigenvalue weighted by molar-refractivity contribution is 5.80. The van der Waals surface area contributed by atoms with E-state index in [-0.39, 0.29) is 6.42 Å². The van der Waals surface area contributed by atoms with Crippen molar-refractivity contribution in [3.63, 3.8) is 0 Å². The number of hydrogen-bond donors (Lipinski definition) is 1. The first-order valence-electron chi connectivity index (χ1n) is 5.23. The van der Waals surface area contributed by atoms with Gasteiger partial charge in [0, 0.05) is 12.6 Å². The number of hydrogen-bond acceptors (Lipinski definition) is 1. The van der Waals surface area contributed by atoms with Crippen molar-refractivity contribution in [1.82, 2.24) is 5.32 Å². The van der Waals surface area contributed by atoms with Crippen LogP contribution in [0.5, 0.6) is 0 Å². The number of alkyl halides is 3. The molecule has 1 aliphatic carbocycles. The van der Waals surface area contributed by atoms with Crippen LogP contribution < -0.4 is 5.32 Å². The molecule has 0 aromatic rings. The largest absolute Gasteiger partial charge is 0.412 e. The van der Waals surface area contributed by atoms with Crippen LogP contribution in [0.1, 0.15) is 20.3 Å². The molecule has 17 heavy (non-hydrogen) atoms. The Morgan fingerprint density at radius 1 is 1.35 bits per heavy atom. The van der Waals surface area contributed by atoms with Crippen molar-refractivity contribution in [2.24, 2.45) is 4.99 Å². The van der Waals surface area contributed by atoms with E-state index in [9.17, 15) is 13.2 Å². The standard InChI is InChI=1S/C12H15F3N2/c1-8-4-5-10(12(13,14)15)6-7-11(8)17-9(2)16-3/h4-5,7H,6H2,1-3H3,(H,16,17). The summed E-state index contributed by atoms with van der Waals surface area (Å²) >= 11 is 0. The number of rotatable bonds is 1. The Labute approximate surface area is 98.6 Å². The Morgan fingerprint density at radius 2 is 2.00 bits per heavy atom.